The van der Waals surface area contributed by atoms with Gasteiger partial charge >= 0.3 is 162 Å². The fourth-order valence-electron chi connectivity index (χ4n) is 3.45. The Balaban J connectivity index is -0.000000236. The van der Waals surface area contributed by atoms with Gasteiger partial charge in [-0.2, -0.15) is 22.7 Å². The van der Waals surface area contributed by atoms with Crippen LogP contribution in [0.3, 0.4) is 0 Å². The molecule has 0 fully saturated rings. The van der Waals surface area contributed by atoms with Crippen LogP contribution in [-0.2, 0) is 37.0 Å². The Morgan fingerprint density at radius 1 is 0.964 bits per heavy atom. The third kappa shape index (κ3) is 22.2. The van der Waals surface area contributed by atoms with Crippen LogP contribution in [0.25, 0.3) is 0 Å². The molecule has 25 heteroatoms. The first-order valence-corrected chi connectivity index (χ1v) is 14.5. The van der Waals surface area contributed by atoms with E-state index in [1.165, 1.54) is 24.3 Å². The molecule has 4 rings (SSSR count). The summed E-state index contributed by atoms with van der Waals surface area (Å²) in [6, 6.07) is 14.1. The van der Waals surface area contributed by atoms with Gasteiger partial charge in [0, 0.05) is 23.3 Å². The van der Waals surface area contributed by atoms with E-state index in [0.29, 0.717) is 5.56 Å². The first kappa shape index (κ1) is 57.8. The van der Waals surface area contributed by atoms with Gasteiger partial charge in [-0.25, -0.2) is 32.5 Å². The summed E-state index contributed by atoms with van der Waals surface area (Å²) in [5, 5.41) is 18.1. The topological polar surface area (TPSA) is 204 Å². The van der Waals surface area contributed by atoms with Gasteiger partial charge in [-0.05, 0) is 37.6 Å². The Kier molecular flexibility index (Phi) is 32.0. The molecule has 0 saturated carbocycles. The summed E-state index contributed by atoms with van der Waals surface area (Å²) in [4.78, 5) is 55.1. The Morgan fingerprint density at radius 2 is 1.42 bits per heavy atom. The number of carboxylic acids is 1. The van der Waals surface area contributed by atoms with Crippen LogP contribution >= 0.6 is 11.6 Å². The number of nitrogens with zero attached hydrogens (tertiary/aromatic N) is 3. The zero-order valence-electron chi connectivity index (χ0n) is 31.8. The molecule has 0 spiro atoms. The molecule has 55 heavy (non-hydrogen) atoms. The summed E-state index contributed by atoms with van der Waals surface area (Å²) in [7, 11) is 0. The first-order chi connectivity index (χ1) is 24.5. The number of aliphatic carboxylic acids is 1. The number of hydrogen-bond acceptors (Lipinski definition) is 11. The zero-order valence-corrected chi connectivity index (χ0v) is 38.8. The smallest absolute Gasteiger partial charge is 1.00 e. The number of carbonyl (C=O) groups excluding carboxylic acids is 3. The van der Waals surface area contributed by atoms with E-state index in [2.05, 4.69) is 31.4 Å². The van der Waals surface area contributed by atoms with E-state index in [-0.39, 0.29) is 191 Å². The molecule has 0 unspecified atom stereocenters. The van der Waals surface area contributed by atoms with Crippen LogP contribution in [0, 0.1) is 11.6 Å². The Bertz CT molecular complexity index is 1840. The molecule has 2 aromatic heterocycles. The molecular formula is C30H30ClF6K2N4NaO11. The van der Waals surface area contributed by atoms with E-state index in [1.54, 1.807) is 38.1 Å². The molecular weight excluding hydrogens is 843 g/mol. The monoisotopic (exact) mass is 872 g/mol. The average molecular weight is 873 g/mol. The molecule has 2 heterocycles. The number of H-pyrrole nitrogens is 1. The van der Waals surface area contributed by atoms with Crippen LogP contribution in [0.1, 0.15) is 48.8 Å². The zero-order chi connectivity index (χ0) is 39.4. The van der Waals surface area contributed by atoms with Crippen LogP contribution in [0.4, 0.5) is 26.3 Å². The van der Waals surface area contributed by atoms with Gasteiger partial charge in [-0.3, -0.25) is 14.7 Å². The van der Waals surface area contributed by atoms with Gasteiger partial charge < -0.3 is 32.3 Å². The molecule has 0 radical (unpaired) electrons. The first-order valence-electron chi connectivity index (χ1n) is 14.1. The number of ether oxygens (including phenoxy) is 3. The Labute approximate surface area is 423 Å². The molecule has 2 aromatic carbocycles. The van der Waals surface area contributed by atoms with Crippen LogP contribution in [-0.4, -0.2) is 74.3 Å². The van der Waals surface area contributed by atoms with Crippen LogP contribution < -0.4 is 148 Å². The van der Waals surface area contributed by atoms with Crippen molar-refractivity contribution in [2.75, 3.05) is 13.2 Å². The summed E-state index contributed by atoms with van der Waals surface area (Å²) in [6.45, 7) is 0.214. The summed E-state index contributed by atoms with van der Waals surface area (Å²) in [5.74, 6) is -4.96. The van der Waals surface area contributed by atoms with Crippen LogP contribution in [0.5, 0.6) is 5.88 Å². The van der Waals surface area contributed by atoms with Crippen molar-refractivity contribution >= 4 is 36.0 Å². The molecule has 0 bridgehead atoms. The second-order valence-electron chi connectivity index (χ2n) is 9.12. The second-order valence-corrected chi connectivity index (χ2v) is 9.59. The predicted octanol–water partition coefficient (Wildman–Crippen LogP) is -5.04. The molecule has 0 aliphatic carbocycles. The van der Waals surface area contributed by atoms with Crippen molar-refractivity contribution in [3.8, 4) is 5.88 Å². The Hall–Kier alpha value is -1.56. The van der Waals surface area contributed by atoms with Gasteiger partial charge in [0.1, 0.15) is 17.3 Å². The van der Waals surface area contributed by atoms with Gasteiger partial charge in [-0.1, -0.05) is 36.4 Å². The predicted molar refractivity (Wildman–Crippen MR) is 165 cm³/mol. The maximum absolute atomic E-state index is 13.6. The van der Waals surface area contributed by atoms with Crippen molar-refractivity contribution in [1.82, 2.24) is 19.6 Å². The fraction of sp³-hybridized carbons (Fsp3) is 0.267. The molecule has 0 atom stereocenters. The van der Waals surface area contributed by atoms with Crippen molar-refractivity contribution < 1.29 is 210 Å². The molecule has 0 amide bonds. The van der Waals surface area contributed by atoms with Gasteiger partial charge in [0.15, 0.2) is 5.69 Å². The standard InChI is InChI=1S/C14H13F3N2O3.C13H13FN2O3.C2HClF2O2.CH2O3.2K.Na.2H/c1-2-21-13(20)11-7-12(22-14(16)17)19(18-11)8-9-5-3-4-6-10(9)15;1-2-19-13(18)11-7-12(17)16(15-11)8-9-5-3-4-6-10(9)14;3-2(4,5)1(6)7;2-1-4-3;;;;;/h3-7,14H,2,8H2,1H3;3-7,15H,2,8H2,1H3;(H,6,7);1,3H;;;;;/q;;;;3*+1;2*-1/p-1. The number of carboxylic acid groups (broad SMARTS) is 1. The summed E-state index contributed by atoms with van der Waals surface area (Å²) in [6.07, 6.45) is 0. The largest absolute Gasteiger partial charge is 1.00 e. The molecule has 288 valence electrons. The van der Waals surface area contributed by atoms with Gasteiger partial charge in [0.25, 0.3) is 12.0 Å². The third-order valence-corrected chi connectivity index (χ3v) is 5.73. The van der Waals surface area contributed by atoms with E-state index in [4.69, 9.17) is 29.4 Å². The molecule has 4 aromatic rings. The van der Waals surface area contributed by atoms with E-state index in [0.717, 1.165) is 21.5 Å². The number of rotatable bonds is 12. The van der Waals surface area contributed by atoms with E-state index in [1.807, 2.05) is 0 Å². The fourth-order valence-corrected chi connectivity index (χ4v) is 3.45. The summed E-state index contributed by atoms with van der Waals surface area (Å²) >= 11 is 3.94. The quantitative estimate of drug-likeness (QED) is 0.0262. The van der Waals surface area contributed by atoms with Gasteiger partial charge in [0.2, 0.25) is 5.88 Å². The number of hydrogen-bond donors (Lipinski definition) is 2. The summed E-state index contributed by atoms with van der Waals surface area (Å²) in [5.41, 5.74) is 0.0466. The van der Waals surface area contributed by atoms with Crippen molar-refractivity contribution in [1.29, 1.82) is 0 Å². The molecule has 15 nitrogen and oxygen atoms in total. The molecule has 0 aliphatic rings. The SMILES string of the molecule is CCOC(=O)c1cc(=O)n(Cc2ccccc2F)[nH]1.CCOC(=O)c1cc(OC(F)F)n(Cc2ccccc2F)n1.O=C(O)C(F)(F)Cl.O=CO[O-].[H-].[H-].[K+].[K+].[Na+]. The van der Waals surface area contributed by atoms with Crippen molar-refractivity contribution in [2.24, 2.45) is 0 Å². The van der Waals surface area contributed by atoms with E-state index < -0.39 is 47.1 Å². The van der Waals surface area contributed by atoms with E-state index >= 15 is 0 Å². The average Bonchev–Trinajstić information content (AvgIpc) is 3.65. The minimum atomic E-state index is -4.11. The minimum Gasteiger partial charge on any atom is -1.00 e. The van der Waals surface area contributed by atoms with Gasteiger partial charge in [0.05, 0.1) is 26.3 Å². The molecule has 0 aliphatic heterocycles. The maximum Gasteiger partial charge on any atom is 1.00 e. The summed E-state index contributed by atoms with van der Waals surface area (Å²) < 4.78 is 89.9. The number of alkyl halides is 5. The second kappa shape index (κ2) is 30.5. The third-order valence-electron chi connectivity index (χ3n) is 5.57. The number of benzene rings is 2. The van der Waals surface area contributed by atoms with Crippen molar-refractivity contribution in [3.63, 3.8) is 0 Å². The van der Waals surface area contributed by atoms with Crippen molar-refractivity contribution in [2.45, 2.75) is 38.9 Å². The van der Waals surface area contributed by atoms with E-state index in [9.17, 15) is 40.7 Å². The minimum absolute atomic E-state index is 0. The number of aromatic amines is 1. The maximum atomic E-state index is 13.6. The van der Waals surface area contributed by atoms with Crippen LogP contribution in [0.15, 0.2) is 65.5 Å². The molecule has 2 N–H and O–H groups in total. The number of carbonyl (C=O) groups is 4. The van der Waals surface area contributed by atoms with Crippen molar-refractivity contribution in [3.05, 3.63) is 105 Å². The number of nitrogens with one attached hydrogen (secondary N) is 1. The number of esters is 2. The normalized spacial score (nSPS) is 9.73. The van der Waals surface area contributed by atoms with Gasteiger partial charge in [-0.15, -0.1) is 0 Å². The molecule has 0 saturated heterocycles. The Morgan fingerprint density at radius 3 is 1.84 bits per heavy atom. The number of halogens is 7. The number of aromatic nitrogens is 4. The van der Waals surface area contributed by atoms with Crippen LogP contribution in [0.2, 0.25) is 0 Å².